The Kier molecular flexibility index (Phi) is 3.96. The second-order valence-electron chi connectivity index (χ2n) is 4.38. The standard InChI is InChI=1S/C13H12F4N2O/c14-12-4-2-9(13(15,16)17)5-8(12)1-3-10-6-11(20)7-18-19-10/h2,4-6,18,20H,1,3,7H2. The summed E-state index contributed by atoms with van der Waals surface area (Å²) >= 11 is 0. The Balaban J connectivity index is 2.11. The van der Waals surface area contributed by atoms with Gasteiger partial charge in [0.25, 0.3) is 0 Å². The summed E-state index contributed by atoms with van der Waals surface area (Å²) in [4.78, 5) is 0. The predicted molar refractivity (Wildman–Crippen MR) is 65.9 cm³/mol. The Morgan fingerprint density at radius 3 is 2.65 bits per heavy atom. The molecule has 0 saturated heterocycles. The topological polar surface area (TPSA) is 44.6 Å². The van der Waals surface area contributed by atoms with E-state index < -0.39 is 17.6 Å². The van der Waals surface area contributed by atoms with Crippen LogP contribution in [0.15, 0.2) is 35.1 Å². The summed E-state index contributed by atoms with van der Waals surface area (Å²) in [7, 11) is 0. The molecule has 2 rings (SSSR count). The largest absolute Gasteiger partial charge is 0.510 e. The Morgan fingerprint density at radius 2 is 2.00 bits per heavy atom. The molecule has 1 aromatic carbocycles. The number of rotatable bonds is 3. The minimum absolute atomic E-state index is 0.0269. The zero-order chi connectivity index (χ0) is 14.8. The average Bonchev–Trinajstić information content (AvgIpc) is 2.36. The molecule has 0 amide bonds. The van der Waals surface area contributed by atoms with E-state index >= 15 is 0 Å². The molecular weight excluding hydrogens is 276 g/mol. The molecule has 0 atom stereocenters. The third kappa shape index (κ3) is 3.49. The van der Waals surface area contributed by atoms with Crippen molar-refractivity contribution in [2.75, 3.05) is 6.54 Å². The first-order valence-corrected chi connectivity index (χ1v) is 5.91. The van der Waals surface area contributed by atoms with Crippen molar-refractivity contribution in [3.63, 3.8) is 0 Å². The Bertz CT molecular complexity index is 564. The molecular formula is C13H12F4N2O. The van der Waals surface area contributed by atoms with Crippen molar-refractivity contribution in [3.8, 4) is 0 Å². The summed E-state index contributed by atoms with van der Waals surface area (Å²) in [6, 6.07) is 2.33. The number of aliphatic hydroxyl groups is 1. The van der Waals surface area contributed by atoms with Crippen LogP contribution in [0.4, 0.5) is 17.6 Å². The maximum Gasteiger partial charge on any atom is 0.416 e. The number of aliphatic hydroxyl groups excluding tert-OH is 1. The van der Waals surface area contributed by atoms with Gasteiger partial charge in [-0.15, -0.1) is 0 Å². The predicted octanol–water partition coefficient (Wildman–Crippen LogP) is 3.18. The second kappa shape index (κ2) is 5.52. The van der Waals surface area contributed by atoms with Crippen LogP contribution in [0, 0.1) is 5.82 Å². The van der Waals surface area contributed by atoms with E-state index in [0.717, 1.165) is 12.1 Å². The van der Waals surface area contributed by atoms with E-state index in [0.29, 0.717) is 11.8 Å². The number of alkyl halides is 3. The van der Waals surface area contributed by atoms with Crippen molar-refractivity contribution in [1.82, 2.24) is 5.43 Å². The number of hydrogen-bond acceptors (Lipinski definition) is 3. The molecule has 0 saturated carbocycles. The smallest absolute Gasteiger partial charge is 0.416 e. The number of benzene rings is 1. The molecule has 1 aliphatic rings. The molecule has 1 aliphatic heterocycles. The third-order valence-corrected chi connectivity index (χ3v) is 2.84. The van der Waals surface area contributed by atoms with Crippen molar-refractivity contribution in [1.29, 1.82) is 0 Å². The van der Waals surface area contributed by atoms with Crippen LogP contribution >= 0.6 is 0 Å². The molecule has 3 nitrogen and oxygen atoms in total. The van der Waals surface area contributed by atoms with Crippen molar-refractivity contribution in [2.24, 2.45) is 5.10 Å². The van der Waals surface area contributed by atoms with Gasteiger partial charge < -0.3 is 10.5 Å². The fourth-order valence-corrected chi connectivity index (χ4v) is 1.83. The van der Waals surface area contributed by atoms with Crippen molar-refractivity contribution in [2.45, 2.75) is 19.0 Å². The molecule has 0 aliphatic carbocycles. The van der Waals surface area contributed by atoms with Crippen LogP contribution in [0.1, 0.15) is 17.5 Å². The van der Waals surface area contributed by atoms with E-state index in [1.54, 1.807) is 0 Å². The zero-order valence-corrected chi connectivity index (χ0v) is 10.3. The molecule has 20 heavy (non-hydrogen) atoms. The van der Waals surface area contributed by atoms with Crippen LogP contribution in [0.5, 0.6) is 0 Å². The van der Waals surface area contributed by atoms with Gasteiger partial charge in [-0.3, -0.25) is 0 Å². The van der Waals surface area contributed by atoms with Gasteiger partial charge in [-0.05, 0) is 36.6 Å². The number of nitrogens with zero attached hydrogens (tertiary/aromatic N) is 1. The average molecular weight is 288 g/mol. The highest BCUT2D eigenvalue weighted by Crippen LogP contribution is 2.30. The SMILES string of the molecule is OC1=CC(CCc2cc(C(F)(F)F)ccc2F)=NNC1. The second-order valence-corrected chi connectivity index (χ2v) is 4.38. The molecule has 0 aromatic heterocycles. The minimum atomic E-state index is -4.50. The molecule has 1 aromatic rings. The number of hydrogen-bond donors (Lipinski definition) is 2. The van der Waals surface area contributed by atoms with Gasteiger partial charge in [0.1, 0.15) is 11.6 Å². The van der Waals surface area contributed by atoms with Crippen LogP contribution in [0.3, 0.4) is 0 Å². The van der Waals surface area contributed by atoms with E-state index in [2.05, 4.69) is 10.5 Å². The molecule has 2 N–H and O–H groups in total. The maximum absolute atomic E-state index is 13.5. The van der Waals surface area contributed by atoms with Gasteiger partial charge in [-0.2, -0.15) is 18.3 Å². The zero-order valence-electron chi connectivity index (χ0n) is 10.3. The van der Waals surface area contributed by atoms with Crippen LogP contribution in [0.2, 0.25) is 0 Å². The lowest BCUT2D eigenvalue weighted by molar-refractivity contribution is -0.137. The monoisotopic (exact) mass is 288 g/mol. The van der Waals surface area contributed by atoms with Crippen LogP contribution in [0.25, 0.3) is 0 Å². The van der Waals surface area contributed by atoms with E-state index in [9.17, 15) is 22.7 Å². The highest BCUT2D eigenvalue weighted by molar-refractivity contribution is 5.95. The van der Waals surface area contributed by atoms with E-state index in [-0.39, 0.29) is 30.7 Å². The van der Waals surface area contributed by atoms with E-state index in [4.69, 9.17) is 0 Å². The summed E-state index contributed by atoms with van der Waals surface area (Å²) in [5.74, 6) is -0.602. The lowest BCUT2D eigenvalue weighted by Crippen LogP contribution is -2.19. The Labute approximate surface area is 112 Å². The summed E-state index contributed by atoms with van der Waals surface area (Å²) in [6.45, 7) is 0.210. The number of nitrogens with one attached hydrogen (secondary N) is 1. The van der Waals surface area contributed by atoms with Crippen LogP contribution < -0.4 is 5.43 Å². The normalized spacial score (nSPS) is 15.4. The quantitative estimate of drug-likeness (QED) is 0.839. The van der Waals surface area contributed by atoms with Crippen LogP contribution in [-0.4, -0.2) is 17.4 Å². The first-order valence-electron chi connectivity index (χ1n) is 5.91. The van der Waals surface area contributed by atoms with Gasteiger partial charge in [-0.25, -0.2) is 4.39 Å². The summed E-state index contributed by atoms with van der Waals surface area (Å²) in [5, 5.41) is 13.2. The van der Waals surface area contributed by atoms with E-state index in [1.807, 2.05) is 0 Å². The fraction of sp³-hybridized carbons (Fsp3) is 0.308. The molecule has 108 valence electrons. The number of allylic oxidation sites excluding steroid dienone is 1. The fourth-order valence-electron chi connectivity index (χ4n) is 1.83. The van der Waals surface area contributed by atoms with Gasteiger partial charge in [0, 0.05) is 6.08 Å². The first-order chi connectivity index (χ1) is 9.36. The highest BCUT2D eigenvalue weighted by atomic mass is 19.4. The molecule has 7 heteroatoms. The molecule has 0 spiro atoms. The highest BCUT2D eigenvalue weighted by Gasteiger charge is 2.31. The molecule has 0 fully saturated rings. The maximum atomic E-state index is 13.5. The van der Waals surface area contributed by atoms with Crippen molar-refractivity contribution >= 4 is 5.71 Å². The third-order valence-electron chi connectivity index (χ3n) is 2.84. The lowest BCUT2D eigenvalue weighted by Gasteiger charge is -2.12. The van der Waals surface area contributed by atoms with Gasteiger partial charge in [0.05, 0.1) is 17.8 Å². The summed E-state index contributed by atoms with van der Waals surface area (Å²) in [6.07, 6.45) is -2.78. The van der Waals surface area contributed by atoms with Gasteiger partial charge in [-0.1, -0.05) is 0 Å². The van der Waals surface area contributed by atoms with Gasteiger partial charge in [0.15, 0.2) is 0 Å². The summed E-state index contributed by atoms with van der Waals surface area (Å²) < 4.78 is 51.1. The number of halogens is 4. The molecule has 0 bridgehead atoms. The van der Waals surface area contributed by atoms with E-state index in [1.165, 1.54) is 6.08 Å². The first kappa shape index (κ1) is 14.4. The summed E-state index contributed by atoms with van der Waals surface area (Å²) in [5.41, 5.74) is 2.12. The Hall–Kier alpha value is -2.05. The molecule has 0 radical (unpaired) electrons. The van der Waals surface area contributed by atoms with Gasteiger partial charge >= 0.3 is 6.18 Å². The van der Waals surface area contributed by atoms with Crippen LogP contribution in [-0.2, 0) is 12.6 Å². The molecule has 0 unspecified atom stereocenters. The number of aryl methyl sites for hydroxylation is 1. The number of hydrazone groups is 1. The Morgan fingerprint density at radius 1 is 1.25 bits per heavy atom. The molecule has 1 heterocycles. The minimum Gasteiger partial charge on any atom is -0.510 e. The lowest BCUT2D eigenvalue weighted by atomic mass is 10.0. The van der Waals surface area contributed by atoms with Crippen molar-refractivity contribution < 1.29 is 22.7 Å². The van der Waals surface area contributed by atoms with Crippen molar-refractivity contribution in [3.05, 3.63) is 47.0 Å². The van der Waals surface area contributed by atoms with Gasteiger partial charge in [0.2, 0.25) is 0 Å².